The largest absolute Gasteiger partial charge is 0.481 e. The van der Waals surface area contributed by atoms with Gasteiger partial charge in [0.25, 0.3) is 0 Å². The van der Waals surface area contributed by atoms with E-state index < -0.39 is 115 Å². The van der Waals surface area contributed by atoms with Crippen LogP contribution in [0.1, 0.15) is 65.4 Å². The lowest BCUT2D eigenvalue weighted by Gasteiger charge is -2.30. The van der Waals surface area contributed by atoms with Crippen LogP contribution in [-0.4, -0.2) is 116 Å². The number of hydrogen-bond donors (Lipinski definition) is 8. The SMILES string of the molecule is CC(C)CC1NC(=O)C(C(C)C)NC(=O)C2CC(OC(=O)C(N)CCC(=O)O)CN2C(=O)C(CC(=O)O)NC(=O)C(Cc2c[nH]c3ccccc23)NC1=O. The number of H-pyrrole nitrogens is 1. The van der Waals surface area contributed by atoms with Crippen molar-refractivity contribution in [1.29, 1.82) is 0 Å². The van der Waals surface area contributed by atoms with Gasteiger partial charge in [-0.25, -0.2) is 0 Å². The van der Waals surface area contributed by atoms with E-state index in [2.05, 4.69) is 26.3 Å². The second-order valence-electron chi connectivity index (χ2n) is 14.5. The molecular formula is C36H49N7O11. The van der Waals surface area contributed by atoms with Crippen LogP contribution in [0.15, 0.2) is 30.5 Å². The number of rotatable bonds is 12. The Hall–Kier alpha value is -5.52. The number of nitrogens with one attached hydrogen (secondary N) is 5. The second-order valence-corrected chi connectivity index (χ2v) is 14.5. The number of carboxylic acid groups (broad SMARTS) is 2. The van der Waals surface area contributed by atoms with Crippen molar-refractivity contribution in [2.45, 2.75) is 109 Å². The Morgan fingerprint density at radius 2 is 1.52 bits per heavy atom. The zero-order valence-corrected chi connectivity index (χ0v) is 30.6. The van der Waals surface area contributed by atoms with Gasteiger partial charge in [-0.1, -0.05) is 45.9 Å². The third kappa shape index (κ3) is 10.5. The van der Waals surface area contributed by atoms with Gasteiger partial charge in [0.2, 0.25) is 29.5 Å². The summed E-state index contributed by atoms with van der Waals surface area (Å²) in [6.07, 6.45) is -1.22. The molecule has 7 atom stereocenters. The quantitative estimate of drug-likeness (QED) is 0.128. The molecule has 0 saturated carbocycles. The lowest BCUT2D eigenvalue weighted by atomic mass is 9.98. The van der Waals surface area contributed by atoms with Gasteiger partial charge in [0.1, 0.15) is 42.4 Å². The average molecular weight is 756 g/mol. The van der Waals surface area contributed by atoms with E-state index >= 15 is 0 Å². The van der Waals surface area contributed by atoms with E-state index in [4.69, 9.17) is 15.6 Å². The minimum Gasteiger partial charge on any atom is -0.481 e. The summed E-state index contributed by atoms with van der Waals surface area (Å²) in [5.41, 5.74) is 7.22. The number of fused-ring (bicyclic) bond motifs is 2. The highest BCUT2D eigenvalue weighted by atomic mass is 16.5. The van der Waals surface area contributed by atoms with Gasteiger partial charge >= 0.3 is 17.9 Å². The molecule has 2 aliphatic rings. The Bertz CT molecular complexity index is 1760. The zero-order chi connectivity index (χ0) is 39.9. The number of nitrogens with zero attached hydrogens (tertiary/aromatic N) is 1. The Kier molecular flexibility index (Phi) is 13.7. The summed E-state index contributed by atoms with van der Waals surface area (Å²) in [5.74, 6) is -8.34. The minimum absolute atomic E-state index is 0.0843. The van der Waals surface area contributed by atoms with Crippen LogP contribution < -0.4 is 27.0 Å². The van der Waals surface area contributed by atoms with E-state index in [0.29, 0.717) is 5.56 Å². The molecule has 2 aromatic rings. The van der Waals surface area contributed by atoms with Crippen LogP contribution in [0, 0.1) is 11.8 Å². The lowest BCUT2D eigenvalue weighted by molar-refractivity contribution is -0.151. The molecule has 2 saturated heterocycles. The van der Waals surface area contributed by atoms with Gasteiger partial charge in [-0.2, -0.15) is 0 Å². The molecular weight excluding hydrogens is 706 g/mol. The van der Waals surface area contributed by atoms with Gasteiger partial charge in [0, 0.05) is 36.4 Å². The fourth-order valence-corrected chi connectivity index (χ4v) is 6.62. The first kappa shape index (κ1) is 41.2. The Balaban J connectivity index is 1.75. The Morgan fingerprint density at radius 3 is 2.17 bits per heavy atom. The van der Waals surface area contributed by atoms with Gasteiger partial charge in [-0.05, 0) is 36.3 Å². The number of aromatic amines is 1. The number of nitrogens with two attached hydrogens (primary N) is 1. The summed E-state index contributed by atoms with van der Waals surface area (Å²) in [6, 6.07) is -0.902. The molecule has 1 aromatic heterocycles. The van der Waals surface area contributed by atoms with Crippen LogP contribution in [0.4, 0.5) is 0 Å². The fourth-order valence-electron chi connectivity index (χ4n) is 6.62. The van der Waals surface area contributed by atoms with Crippen molar-refractivity contribution in [3.8, 4) is 0 Å². The summed E-state index contributed by atoms with van der Waals surface area (Å²) < 4.78 is 5.49. The number of aliphatic carboxylic acids is 2. The van der Waals surface area contributed by atoms with Crippen molar-refractivity contribution >= 4 is 58.3 Å². The molecule has 2 aliphatic heterocycles. The highest BCUT2D eigenvalue weighted by Gasteiger charge is 2.46. The van der Waals surface area contributed by atoms with Crippen molar-refractivity contribution in [2.75, 3.05) is 6.54 Å². The maximum atomic E-state index is 14.2. The number of esters is 1. The van der Waals surface area contributed by atoms with Crippen LogP contribution in [0.3, 0.4) is 0 Å². The zero-order valence-electron chi connectivity index (χ0n) is 30.6. The van der Waals surface area contributed by atoms with Crippen LogP contribution in [-0.2, 0) is 49.5 Å². The first-order valence-corrected chi connectivity index (χ1v) is 17.9. The number of carbonyl (C=O) groups is 8. The third-order valence-corrected chi connectivity index (χ3v) is 9.42. The second kappa shape index (κ2) is 18.0. The van der Waals surface area contributed by atoms with Gasteiger partial charge < -0.3 is 51.8 Å². The van der Waals surface area contributed by atoms with Gasteiger partial charge in [0.05, 0.1) is 13.0 Å². The molecule has 54 heavy (non-hydrogen) atoms. The van der Waals surface area contributed by atoms with Crippen molar-refractivity contribution in [1.82, 2.24) is 31.2 Å². The summed E-state index contributed by atoms with van der Waals surface area (Å²) in [4.78, 5) is 110. The van der Waals surface area contributed by atoms with Crippen LogP contribution in [0.5, 0.6) is 0 Å². The van der Waals surface area contributed by atoms with Crippen LogP contribution in [0.2, 0.25) is 0 Å². The van der Waals surface area contributed by atoms with E-state index in [1.165, 1.54) is 0 Å². The highest BCUT2D eigenvalue weighted by Crippen LogP contribution is 2.25. The Morgan fingerprint density at radius 1 is 0.870 bits per heavy atom. The molecule has 0 spiro atoms. The molecule has 7 unspecified atom stereocenters. The topological polar surface area (TPSA) is 279 Å². The van der Waals surface area contributed by atoms with Crippen LogP contribution >= 0.6 is 0 Å². The van der Waals surface area contributed by atoms with Crippen molar-refractivity contribution in [3.05, 3.63) is 36.0 Å². The molecule has 0 aliphatic carbocycles. The number of ether oxygens (including phenoxy) is 1. The first-order chi connectivity index (χ1) is 25.4. The van der Waals surface area contributed by atoms with Crippen LogP contribution in [0.25, 0.3) is 10.9 Å². The summed E-state index contributed by atoms with van der Waals surface area (Å²) in [6.45, 7) is 6.60. The molecule has 5 amide bonds. The molecule has 294 valence electrons. The standard InChI is InChI=1S/C36H49N7O11/c1-17(2)11-24-31(48)39-25(12-19-15-38-23-8-6-5-7-21(19)23)32(49)41-26(14-29(46)47)35(52)43-16-20(54-36(53)22(37)9-10-28(44)45)13-27(43)33(50)42-30(18(3)4)34(51)40-24/h5-8,15,17-18,20,22,24-27,30,38H,9-14,16,37H2,1-4H3,(H,39,48)(H,40,51)(H,41,49)(H,42,50)(H,44,45)(H,46,47). The molecule has 1 aromatic carbocycles. The predicted octanol–water partition coefficient (Wildman–Crippen LogP) is -0.455. The van der Waals surface area contributed by atoms with Gasteiger partial charge in [-0.15, -0.1) is 0 Å². The third-order valence-electron chi connectivity index (χ3n) is 9.42. The first-order valence-electron chi connectivity index (χ1n) is 17.9. The minimum atomic E-state index is -1.74. The fraction of sp³-hybridized carbons (Fsp3) is 0.556. The summed E-state index contributed by atoms with van der Waals surface area (Å²) in [5, 5.41) is 30.1. The highest BCUT2D eigenvalue weighted by molar-refractivity contribution is 5.99. The molecule has 2 fully saturated rings. The average Bonchev–Trinajstić information content (AvgIpc) is 3.71. The van der Waals surface area contributed by atoms with E-state index in [9.17, 15) is 43.5 Å². The van der Waals surface area contributed by atoms with Crippen molar-refractivity contribution < 1.29 is 53.3 Å². The number of amides is 5. The molecule has 4 rings (SSSR count). The van der Waals surface area contributed by atoms with Crippen molar-refractivity contribution in [2.24, 2.45) is 17.6 Å². The number of carboxylic acids is 2. The van der Waals surface area contributed by atoms with E-state index in [1.54, 1.807) is 26.1 Å². The maximum Gasteiger partial charge on any atom is 0.323 e. The molecule has 3 heterocycles. The molecule has 0 radical (unpaired) electrons. The summed E-state index contributed by atoms with van der Waals surface area (Å²) >= 11 is 0. The van der Waals surface area contributed by atoms with E-state index in [0.717, 1.165) is 15.8 Å². The Labute approximate surface area is 311 Å². The molecule has 9 N–H and O–H groups in total. The summed E-state index contributed by atoms with van der Waals surface area (Å²) in [7, 11) is 0. The lowest BCUT2D eigenvalue weighted by Crippen LogP contribution is -2.59. The van der Waals surface area contributed by atoms with E-state index in [1.807, 2.05) is 32.0 Å². The number of carbonyl (C=O) groups excluding carboxylic acids is 6. The maximum absolute atomic E-state index is 14.2. The van der Waals surface area contributed by atoms with Gasteiger partial charge in [0.15, 0.2) is 0 Å². The van der Waals surface area contributed by atoms with E-state index in [-0.39, 0.29) is 31.6 Å². The van der Waals surface area contributed by atoms with Gasteiger partial charge in [-0.3, -0.25) is 38.4 Å². The molecule has 18 heteroatoms. The predicted molar refractivity (Wildman–Crippen MR) is 191 cm³/mol. The number of aromatic nitrogens is 1. The number of benzene rings is 1. The number of hydrogen-bond acceptors (Lipinski definition) is 10. The monoisotopic (exact) mass is 755 g/mol. The normalized spacial score (nSPS) is 24.9. The van der Waals surface area contributed by atoms with Crippen molar-refractivity contribution in [3.63, 3.8) is 0 Å². The molecule has 18 nitrogen and oxygen atoms in total. The molecule has 0 bridgehead atoms. The smallest absolute Gasteiger partial charge is 0.323 e. The number of para-hydroxylation sites is 1.